The number of nitrogens with one attached hydrogen (secondary N) is 1. The Morgan fingerprint density at radius 2 is 1.95 bits per heavy atom. The summed E-state index contributed by atoms with van der Waals surface area (Å²) < 4.78 is 36.4. The fourth-order valence-electron chi connectivity index (χ4n) is 1.72. The monoisotopic (exact) mass is 305 g/mol. The minimum Gasteiger partial charge on any atom is -0.385 e. The van der Waals surface area contributed by atoms with Crippen LogP contribution in [0, 0.1) is 0 Å². The molecule has 20 heavy (non-hydrogen) atoms. The van der Waals surface area contributed by atoms with Crippen LogP contribution in [0.4, 0.5) is 0 Å². The van der Waals surface area contributed by atoms with Crippen LogP contribution >= 0.6 is 0 Å². The summed E-state index contributed by atoms with van der Waals surface area (Å²) in [6, 6.07) is 0. The standard InChI is InChI=1S/C12H23N3O4S/c1-4-11-13-10-12(14-11)20(16,17)15(7-9-19-3)6-5-8-18-2/h10H,4-9H2,1-3H3,(H,13,14). The van der Waals surface area contributed by atoms with E-state index in [0.717, 1.165) is 0 Å². The largest absolute Gasteiger partial charge is 0.385 e. The first-order valence-corrected chi connectivity index (χ1v) is 8.02. The predicted molar refractivity (Wildman–Crippen MR) is 75.1 cm³/mol. The first-order valence-electron chi connectivity index (χ1n) is 6.58. The van der Waals surface area contributed by atoms with Crippen LogP contribution in [0.5, 0.6) is 0 Å². The molecule has 8 heteroatoms. The van der Waals surface area contributed by atoms with Crippen LogP contribution in [0.2, 0.25) is 0 Å². The maximum atomic E-state index is 12.5. The van der Waals surface area contributed by atoms with Crippen LogP contribution in [-0.2, 0) is 25.9 Å². The average molecular weight is 305 g/mol. The molecule has 0 aliphatic carbocycles. The Labute approximate surface area is 120 Å². The third kappa shape index (κ3) is 4.55. The molecule has 1 rings (SSSR count). The van der Waals surface area contributed by atoms with Crippen molar-refractivity contribution in [3.8, 4) is 0 Å². The first kappa shape index (κ1) is 17.1. The minimum atomic E-state index is -3.56. The first-order chi connectivity index (χ1) is 9.56. The fourth-order valence-corrected chi connectivity index (χ4v) is 3.12. The van der Waals surface area contributed by atoms with Crippen molar-refractivity contribution in [2.45, 2.75) is 24.8 Å². The Hall–Kier alpha value is -0.960. The predicted octanol–water partition coefficient (Wildman–Crippen LogP) is 0.646. The summed E-state index contributed by atoms with van der Waals surface area (Å²) in [6.45, 7) is 3.47. The van der Waals surface area contributed by atoms with Crippen LogP contribution in [0.1, 0.15) is 19.2 Å². The molecule has 0 aliphatic rings. The number of aryl methyl sites for hydroxylation is 1. The zero-order valence-corrected chi connectivity index (χ0v) is 13.1. The van der Waals surface area contributed by atoms with E-state index < -0.39 is 10.0 Å². The van der Waals surface area contributed by atoms with Gasteiger partial charge in [-0.3, -0.25) is 0 Å². The van der Waals surface area contributed by atoms with E-state index in [2.05, 4.69) is 9.97 Å². The number of ether oxygens (including phenoxy) is 2. The zero-order valence-electron chi connectivity index (χ0n) is 12.3. The highest BCUT2D eigenvalue weighted by atomic mass is 32.2. The highest BCUT2D eigenvalue weighted by Gasteiger charge is 2.25. The second-order valence-corrected chi connectivity index (χ2v) is 6.20. The second-order valence-electron chi connectivity index (χ2n) is 4.29. The van der Waals surface area contributed by atoms with E-state index in [1.165, 1.54) is 10.5 Å². The fraction of sp³-hybridized carbons (Fsp3) is 0.750. The number of nitrogens with zero attached hydrogens (tertiary/aromatic N) is 2. The van der Waals surface area contributed by atoms with E-state index in [1.807, 2.05) is 6.92 Å². The van der Waals surface area contributed by atoms with Gasteiger partial charge in [0.25, 0.3) is 10.0 Å². The van der Waals surface area contributed by atoms with Gasteiger partial charge in [0.2, 0.25) is 0 Å². The number of rotatable bonds is 10. The molecular weight excluding hydrogens is 282 g/mol. The Bertz CT molecular complexity index is 487. The molecule has 0 atom stereocenters. The van der Waals surface area contributed by atoms with E-state index in [4.69, 9.17) is 9.47 Å². The summed E-state index contributed by atoms with van der Waals surface area (Å²) >= 11 is 0. The smallest absolute Gasteiger partial charge is 0.260 e. The Balaban J connectivity index is 2.85. The van der Waals surface area contributed by atoms with Crippen molar-refractivity contribution in [3.05, 3.63) is 12.0 Å². The molecule has 0 saturated heterocycles. The van der Waals surface area contributed by atoms with Crippen LogP contribution < -0.4 is 0 Å². The van der Waals surface area contributed by atoms with Crippen molar-refractivity contribution in [3.63, 3.8) is 0 Å². The Kier molecular flexibility index (Phi) is 7.14. The Morgan fingerprint density at radius 3 is 2.50 bits per heavy atom. The van der Waals surface area contributed by atoms with Crippen molar-refractivity contribution in [2.24, 2.45) is 0 Å². The molecule has 1 aromatic heterocycles. The van der Waals surface area contributed by atoms with E-state index >= 15 is 0 Å². The molecule has 0 amide bonds. The quantitative estimate of drug-likeness (QED) is 0.641. The van der Waals surface area contributed by atoms with Crippen molar-refractivity contribution in [2.75, 3.05) is 40.5 Å². The van der Waals surface area contributed by atoms with Crippen molar-refractivity contribution in [1.29, 1.82) is 0 Å². The van der Waals surface area contributed by atoms with Gasteiger partial charge in [-0.15, -0.1) is 0 Å². The van der Waals surface area contributed by atoms with Crippen LogP contribution in [0.25, 0.3) is 0 Å². The van der Waals surface area contributed by atoms with E-state index in [1.54, 1.807) is 14.2 Å². The van der Waals surface area contributed by atoms with Gasteiger partial charge < -0.3 is 14.5 Å². The molecular formula is C12H23N3O4S. The lowest BCUT2D eigenvalue weighted by Gasteiger charge is -2.20. The molecule has 1 heterocycles. The van der Waals surface area contributed by atoms with Gasteiger partial charge in [-0.1, -0.05) is 6.92 Å². The number of sulfonamides is 1. The molecule has 0 aromatic carbocycles. The molecule has 1 aromatic rings. The minimum absolute atomic E-state index is 0.128. The highest BCUT2D eigenvalue weighted by molar-refractivity contribution is 7.89. The van der Waals surface area contributed by atoms with Gasteiger partial charge in [0.1, 0.15) is 5.82 Å². The third-order valence-corrected chi connectivity index (χ3v) is 4.67. The molecule has 0 spiro atoms. The van der Waals surface area contributed by atoms with Crippen molar-refractivity contribution >= 4 is 10.0 Å². The van der Waals surface area contributed by atoms with Crippen LogP contribution in [0.15, 0.2) is 11.2 Å². The molecule has 0 radical (unpaired) electrons. The number of aromatic nitrogens is 2. The molecule has 0 unspecified atom stereocenters. The summed E-state index contributed by atoms with van der Waals surface area (Å²) in [6.07, 6.45) is 2.66. The number of methoxy groups -OCH3 is 2. The van der Waals surface area contributed by atoms with Gasteiger partial charge in [-0.2, -0.15) is 4.31 Å². The maximum absolute atomic E-state index is 12.5. The summed E-state index contributed by atoms with van der Waals surface area (Å²) in [5.41, 5.74) is 0. The van der Waals surface area contributed by atoms with Crippen LogP contribution in [0.3, 0.4) is 0 Å². The molecule has 0 aliphatic heterocycles. The normalized spacial score (nSPS) is 12.2. The number of hydrogen-bond donors (Lipinski definition) is 1. The van der Waals surface area contributed by atoms with Gasteiger partial charge in [0, 0.05) is 40.3 Å². The maximum Gasteiger partial charge on any atom is 0.260 e. The summed E-state index contributed by atoms with van der Waals surface area (Å²) in [4.78, 5) is 6.88. The van der Waals surface area contributed by atoms with E-state index in [9.17, 15) is 8.42 Å². The summed E-state index contributed by atoms with van der Waals surface area (Å²) in [5, 5.41) is 0.128. The number of hydrogen-bond acceptors (Lipinski definition) is 5. The van der Waals surface area contributed by atoms with Crippen molar-refractivity contribution in [1.82, 2.24) is 14.3 Å². The van der Waals surface area contributed by atoms with Gasteiger partial charge >= 0.3 is 0 Å². The molecule has 0 bridgehead atoms. The lowest BCUT2D eigenvalue weighted by molar-refractivity contribution is 0.164. The molecule has 116 valence electrons. The van der Waals surface area contributed by atoms with Crippen molar-refractivity contribution < 1.29 is 17.9 Å². The lowest BCUT2D eigenvalue weighted by atomic mass is 10.4. The summed E-state index contributed by atoms with van der Waals surface area (Å²) in [5.74, 6) is 0.659. The zero-order chi connectivity index (χ0) is 15.0. The molecule has 0 fully saturated rings. The number of aromatic amines is 1. The third-order valence-electron chi connectivity index (χ3n) is 2.86. The summed E-state index contributed by atoms with van der Waals surface area (Å²) in [7, 11) is -0.423. The van der Waals surface area contributed by atoms with E-state index in [0.29, 0.717) is 45.0 Å². The van der Waals surface area contributed by atoms with Gasteiger partial charge in [0.05, 0.1) is 12.8 Å². The average Bonchev–Trinajstić information content (AvgIpc) is 2.92. The molecule has 7 nitrogen and oxygen atoms in total. The van der Waals surface area contributed by atoms with Crippen LogP contribution in [-0.4, -0.2) is 63.2 Å². The lowest BCUT2D eigenvalue weighted by Crippen LogP contribution is -2.35. The SMILES string of the molecule is CCc1ncc(S(=O)(=O)N(CCCOC)CCOC)[nH]1. The van der Waals surface area contributed by atoms with Gasteiger partial charge in [-0.05, 0) is 6.42 Å². The number of imidazole rings is 1. The Morgan fingerprint density at radius 1 is 1.25 bits per heavy atom. The van der Waals surface area contributed by atoms with Gasteiger partial charge in [0.15, 0.2) is 5.03 Å². The molecule has 0 saturated carbocycles. The van der Waals surface area contributed by atoms with Gasteiger partial charge in [-0.25, -0.2) is 13.4 Å². The molecule has 1 N–H and O–H groups in total. The highest BCUT2D eigenvalue weighted by Crippen LogP contribution is 2.14. The van der Waals surface area contributed by atoms with E-state index in [-0.39, 0.29) is 5.03 Å². The second kappa shape index (κ2) is 8.35. The topological polar surface area (TPSA) is 84.5 Å². The number of H-pyrrole nitrogens is 1.